The van der Waals surface area contributed by atoms with Crippen molar-refractivity contribution < 1.29 is 4.79 Å². The maximum Gasteiger partial charge on any atom is 0.254 e. The topological polar surface area (TPSA) is 23.6 Å². The average Bonchev–Trinajstić information content (AvgIpc) is 3.06. The molecule has 0 spiro atoms. The number of benzene rings is 1. The van der Waals surface area contributed by atoms with E-state index in [4.69, 9.17) is 11.6 Å². The molecule has 0 aromatic heterocycles. The number of likely N-dealkylation sites (tertiary alicyclic amines) is 1. The second kappa shape index (κ2) is 5.39. The monoisotopic (exact) mass is 316 g/mol. The highest BCUT2D eigenvalue weighted by atomic mass is 35.5. The molecule has 0 N–H and O–H groups in total. The zero-order valence-electron chi connectivity index (χ0n) is 12.8. The van der Waals surface area contributed by atoms with Gasteiger partial charge < -0.3 is 4.90 Å². The predicted octanol–water partition coefficient (Wildman–Crippen LogP) is 3.30. The van der Waals surface area contributed by atoms with E-state index in [9.17, 15) is 4.79 Å². The molecule has 0 bridgehead atoms. The third kappa shape index (κ3) is 2.10. The van der Waals surface area contributed by atoms with E-state index in [1.54, 1.807) is 0 Å². The second-order valence-electron chi connectivity index (χ2n) is 6.64. The van der Waals surface area contributed by atoms with Crippen LogP contribution in [0.3, 0.4) is 0 Å². The molecule has 3 nitrogen and oxygen atoms in total. The molecular formula is C18H21ClN2O. The minimum Gasteiger partial charge on any atom is -0.336 e. The van der Waals surface area contributed by atoms with Crippen LogP contribution in [0.1, 0.15) is 41.1 Å². The van der Waals surface area contributed by atoms with Gasteiger partial charge in [0.05, 0.1) is 6.04 Å². The van der Waals surface area contributed by atoms with E-state index in [0.29, 0.717) is 17.0 Å². The van der Waals surface area contributed by atoms with Crippen LogP contribution in [0.2, 0.25) is 5.02 Å². The van der Waals surface area contributed by atoms with Crippen molar-refractivity contribution in [2.75, 3.05) is 20.1 Å². The largest absolute Gasteiger partial charge is 0.336 e. The van der Waals surface area contributed by atoms with Crippen molar-refractivity contribution in [3.63, 3.8) is 0 Å². The molecule has 116 valence electrons. The number of hydrogen-bond donors (Lipinski definition) is 0. The van der Waals surface area contributed by atoms with Gasteiger partial charge in [0.2, 0.25) is 0 Å². The second-order valence-corrected chi connectivity index (χ2v) is 7.08. The molecule has 3 aliphatic rings. The number of nitrogens with zero attached hydrogens (tertiary/aromatic N) is 2. The SMILES string of the molecule is CN1C(=O)c2cc(Cl)ccc2[C@H]2CC=C[C@H](N3CCCC3)[C@H]21. The molecular weight excluding hydrogens is 296 g/mol. The van der Waals surface area contributed by atoms with Crippen molar-refractivity contribution in [3.05, 3.63) is 46.5 Å². The lowest BCUT2D eigenvalue weighted by Gasteiger charge is -2.47. The normalized spacial score (nSPS) is 31.3. The van der Waals surface area contributed by atoms with E-state index in [2.05, 4.69) is 23.1 Å². The molecule has 0 saturated carbocycles. The Morgan fingerprint density at radius 3 is 2.77 bits per heavy atom. The Morgan fingerprint density at radius 1 is 1.23 bits per heavy atom. The Labute approximate surface area is 136 Å². The van der Waals surface area contributed by atoms with Crippen LogP contribution in [0, 0.1) is 0 Å². The number of fused-ring (bicyclic) bond motifs is 3. The van der Waals surface area contributed by atoms with Gasteiger partial charge >= 0.3 is 0 Å². The highest BCUT2D eigenvalue weighted by Crippen LogP contribution is 2.41. The molecule has 22 heavy (non-hydrogen) atoms. The van der Waals surface area contributed by atoms with Crippen LogP contribution in [0.5, 0.6) is 0 Å². The van der Waals surface area contributed by atoms with E-state index in [-0.39, 0.29) is 11.9 Å². The van der Waals surface area contributed by atoms with Gasteiger partial charge in [0.1, 0.15) is 0 Å². The van der Waals surface area contributed by atoms with Crippen molar-refractivity contribution in [1.82, 2.24) is 9.80 Å². The van der Waals surface area contributed by atoms with Crippen LogP contribution < -0.4 is 0 Å². The van der Waals surface area contributed by atoms with Crippen LogP contribution >= 0.6 is 11.6 Å². The molecule has 1 fully saturated rings. The fourth-order valence-corrected chi connectivity index (χ4v) is 4.58. The van der Waals surface area contributed by atoms with Gasteiger partial charge in [-0.3, -0.25) is 9.69 Å². The van der Waals surface area contributed by atoms with Crippen molar-refractivity contribution in [2.45, 2.75) is 37.3 Å². The summed E-state index contributed by atoms with van der Waals surface area (Å²) < 4.78 is 0. The van der Waals surface area contributed by atoms with Crippen molar-refractivity contribution in [1.29, 1.82) is 0 Å². The highest BCUT2D eigenvalue weighted by molar-refractivity contribution is 6.31. The zero-order valence-corrected chi connectivity index (χ0v) is 13.6. The molecule has 0 unspecified atom stereocenters. The van der Waals surface area contributed by atoms with Crippen LogP contribution in [0.4, 0.5) is 0 Å². The van der Waals surface area contributed by atoms with Gasteiger partial charge in [0.25, 0.3) is 5.91 Å². The lowest BCUT2D eigenvalue weighted by molar-refractivity contribution is 0.0544. The van der Waals surface area contributed by atoms with Crippen molar-refractivity contribution >= 4 is 17.5 Å². The third-order valence-corrected chi connectivity index (χ3v) is 5.70. The average molecular weight is 317 g/mol. The molecule has 1 aromatic carbocycles. The Hall–Kier alpha value is -1.32. The van der Waals surface area contributed by atoms with Crippen LogP contribution in [0.25, 0.3) is 0 Å². The summed E-state index contributed by atoms with van der Waals surface area (Å²) in [5, 5.41) is 0.640. The van der Waals surface area contributed by atoms with Crippen LogP contribution in [-0.4, -0.2) is 47.9 Å². The van der Waals surface area contributed by atoms with E-state index in [0.717, 1.165) is 25.1 Å². The van der Waals surface area contributed by atoms with Gasteiger partial charge in [0, 0.05) is 29.6 Å². The van der Waals surface area contributed by atoms with Crippen LogP contribution in [-0.2, 0) is 0 Å². The van der Waals surface area contributed by atoms with Crippen molar-refractivity contribution in [2.24, 2.45) is 0 Å². The minimum absolute atomic E-state index is 0.109. The van der Waals surface area contributed by atoms with E-state index < -0.39 is 0 Å². The molecule has 4 rings (SSSR count). The van der Waals surface area contributed by atoms with Gasteiger partial charge in [-0.2, -0.15) is 0 Å². The van der Waals surface area contributed by atoms with Crippen molar-refractivity contribution in [3.8, 4) is 0 Å². The van der Waals surface area contributed by atoms with Gasteiger partial charge in [0.15, 0.2) is 0 Å². The lowest BCUT2D eigenvalue weighted by atomic mass is 9.75. The van der Waals surface area contributed by atoms with Gasteiger partial charge in [-0.1, -0.05) is 29.8 Å². The summed E-state index contributed by atoms with van der Waals surface area (Å²) in [6.45, 7) is 2.29. The lowest BCUT2D eigenvalue weighted by Crippen LogP contribution is -2.57. The van der Waals surface area contributed by atoms with Gasteiger partial charge in [-0.25, -0.2) is 0 Å². The van der Waals surface area contributed by atoms with E-state index in [1.165, 1.54) is 18.4 Å². The molecule has 1 aromatic rings. The molecule has 4 heteroatoms. The summed E-state index contributed by atoms with van der Waals surface area (Å²) in [6, 6.07) is 6.39. The summed E-state index contributed by atoms with van der Waals surface area (Å²) in [7, 11) is 1.95. The first-order chi connectivity index (χ1) is 10.7. The Kier molecular flexibility index (Phi) is 3.50. The summed E-state index contributed by atoms with van der Waals surface area (Å²) >= 11 is 6.10. The molecule has 1 amide bonds. The van der Waals surface area contributed by atoms with E-state index in [1.807, 2.05) is 24.1 Å². The zero-order chi connectivity index (χ0) is 15.3. The predicted molar refractivity (Wildman–Crippen MR) is 88.4 cm³/mol. The molecule has 3 atom stereocenters. The number of halogens is 1. The molecule has 1 saturated heterocycles. The molecule has 0 radical (unpaired) electrons. The molecule has 2 heterocycles. The Balaban J connectivity index is 1.77. The number of amides is 1. The van der Waals surface area contributed by atoms with Gasteiger partial charge in [-0.15, -0.1) is 0 Å². The van der Waals surface area contributed by atoms with Crippen LogP contribution in [0.15, 0.2) is 30.4 Å². The number of hydrogen-bond acceptors (Lipinski definition) is 2. The summed E-state index contributed by atoms with van der Waals surface area (Å²) in [5.41, 5.74) is 1.96. The minimum atomic E-state index is 0.109. The summed E-state index contributed by atoms with van der Waals surface area (Å²) in [6.07, 6.45) is 8.15. The fourth-order valence-electron chi connectivity index (χ4n) is 4.41. The first-order valence-corrected chi connectivity index (χ1v) is 8.52. The first-order valence-electron chi connectivity index (χ1n) is 8.14. The number of rotatable bonds is 1. The summed E-state index contributed by atoms with van der Waals surface area (Å²) in [5.74, 6) is 0.490. The molecule has 1 aliphatic carbocycles. The fraction of sp³-hybridized carbons (Fsp3) is 0.500. The smallest absolute Gasteiger partial charge is 0.254 e. The quantitative estimate of drug-likeness (QED) is 0.742. The number of likely N-dealkylation sites (N-methyl/N-ethyl adjacent to an activating group) is 1. The highest BCUT2D eigenvalue weighted by Gasteiger charge is 2.44. The third-order valence-electron chi connectivity index (χ3n) is 5.46. The number of carbonyl (C=O) groups is 1. The summed E-state index contributed by atoms with van der Waals surface area (Å²) in [4.78, 5) is 17.3. The molecule has 2 aliphatic heterocycles. The Bertz CT molecular complexity index is 636. The maximum absolute atomic E-state index is 12.8. The maximum atomic E-state index is 12.8. The van der Waals surface area contributed by atoms with Gasteiger partial charge in [-0.05, 0) is 50.0 Å². The first kappa shape index (κ1) is 14.3. The number of allylic oxidation sites excluding steroid dienone is 1. The standard InChI is InChI=1S/C18H21ClN2O/c1-20-17-14(5-4-6-16(17)21-9-2-3-10-21)13-8-7-12(19)11-15(13)18(20)22/h4,6-8,11,14,16-17H,2-3,5,9-10H2,1H3/t14-,16+,17+/m1/s1. The number of carbonyl (C=O) groups excluding carboxylic acids is 1. The van der Waals surface area contributed by atoms with E-state index >= 15 is 0 Å². The Morgan fingerprint density at radius 2 is 2.00 bits per heavy atom.